The summed E-state index contributed by atoms with van der Waals surface area (Å²) in [7, 11) is 3.73. The molecule has 0 fully saturated rings. The van der Waals surface area contributed by atoms with Crippen molar-refractivity contribution in [1.82, 2.24) is 10.6 Å². The van der Waals surface area contributed by atoms with Gasteiger partial charge in [-0.05, 0) is 0 Å². The average molecular weight is 162 g/mol. The molecule has 5 heteroatoms. The first-order chi connectivity index (χ1) is 4.57. The van der Waals surface area contributed by atoms with Crippen molar-refractivity contribution in [3.63, 3.8) is 0 Å². The second kappa shape index (κ2) is 4.23. The predicted molar refractivity (Wildman–Crippen MR) is 41.4 cm³/mol. The van der Waals surface area contributed by atoms with E-state index >= 15 is 0 Å². The normalized spacial score (nSPS) is 11.9. The lowest BCUT2D eigenvalue weighted by atomic mass is 10.5. The monoisotopic (exact) mass is 162 g/mol. The van der Waals surface area contributed by atoms with E-state index in [0.717, 1.165) is 0 Å². The molecular formula is C5H11N2O2P. The molecule has 0 saturated carbocycles. The van der Waals surface area contributed by atoms with E-state index in [0.29, 0.717) is 0 Å². The minimum absolute atomic E-state index is 0.219. The third kappa shape index (κ3) is 3.41. The largest absolute Gasteiger partial charge is 0.357 e. The Morgan fingerprint density at radius 1 is 1.50 bits per heavy atom. The van der Waals surface area contributed by atoms with Gasteiger partial charge in [-0.25, -0.2) is 0 Å². The third-order valence-corrected chi connectivity index (χ3v) is 1.36. The van der Waals surface area contributed by atoms with Gasteiger partial charge in [0.2, 0.25) is 11.8 Å². The third-order valence-electron chi connectivity index (χ3n) is 0.888. The van der Waals surface area contributed by atoms with Crippen molar-refractivity contribution >= 4 is 21.1 Å². The minimum Gasteiger partial charge on any atom is -0.357 e. The lowest BCUT2D eigenvalue weighted by Crippen LogP contribution is -2.40. The summed E-state index contributed by atoms with van der Waals surface area (Å²) in [4.78, 5) is 21.1. The van der Waals surface area contributed by atoms with Gasteiger partial charge in [0, 0.05) is 14.0 Å². The van der Waals surface area contributed by atoms with Crippen LogP contribution in [0, 0.1) is 0 Å². The quantitative estimate of drug-likeness (QED) is 0.515. The van der Waals surface area contributed by atoms with Gasteiger partial charge in [-0.2, -0.15) is 0 Å². The molecule has 0 rings (SSSR count). The highest BCUT2D eigenvalue weighted by Gasteiger charge is 2.10. The summed E-state index contributed by atoms with van der Waals surface area (Å²) in [6, 6.07) is 0. The van der Waals surface area contributed by atoms with Crippen molar-refractivity contribution in [2.75, 3.05) is 7.05 Å². The fourth-order valence-electron chi connectivity index (χ4n) is 0.440. The first-order valence-corrected chi connectivity index (χ1v) is 3.49. The van der Waals surface area contributed by atoms with E-state index in [1.165, 1.54) is 14.0 Å². The average Bonchev–Trinajstić information content (AvgIpc) is 1.85. The molecule has 0 heterocycles. The number of hydrogen-bond acceptors (Lipinski definition) is 2. The highest BCUT2D eigenvalue weighted by atomic mass is 31.0. The van der Waals surface area contributed by atoms with Crippen LogP contribution in [0.15, 0.2) is 0 Å². The summed E-state index contributed by atoms with van der Waals surface area (Å²) in [6.45, 7) is 1.36. The molecule has 0 spiro atoms. The highest BCUT2D eigenvalue weighted by Crippen LogP contribution is 1.93. The number of nitrogens with one attached hydrogen (secondary N) is 2. The number of likely N-dealkylation sites (N-methyl/N-ethyl adjacent to an activating group) is 1. The molecule has 0 bridgehead atoms. The Bertz CT molecular complexity index is 149. The van der Waals surface area contributed by atoms with E-state index in [-0.39, 0.29) is 11.8 Å². The Kier molecular flexibility index (Phi) is 3.96. The lowest BCUT2D eigenvalue weighted by molar-refractivity contribution is -0.125. The molecule has 0 aliphatic carbocycles. The summed E-state index contributed by atoms with van der Waals surface area (Å²) in [6.07, 6.45) is 0. The topological polar surface area (TPSA) is 58.2 Å². The zero-order valence-corrected chi connectivity index (χ0v) is 7.13. The van der Waals surface area contributed by atoms with Crippen LogP contribution in [-0.2, 0) is 9.59 Å². The van der Waals surface area contributed by atoms with Crippen LogP contribution < -0.4 is 10.6 Å². The van der Waals surface area contributed by atoms with Gasteiger partial charge in [0.1, 0.15) is 5.78 Å². The maximum absolute atomic E-state index is 10.7. The van der Waals surface area contributed by atoms with Crippen molar-refractivity contribution < 1.29 is 9.59 Å². The number of amides is 2. The van der Waals surface area contributed by atoms with Crippen LogP contribution in [0.2, 0.25) is 0 Å². The predicted octanol–water partition coefficient (Wildman–Crippen LogP) is -0.930. The van der Waals surface area contributed by atoms with Gasteiger partial charge in [-0.3, -0.25) is 9.59 Å². The number of carbonyl (C=O) groups excluding carboxylic acids is 2. The zero-order valence-electron chi connectivity index (χ0n) is 5.97. The van der Waals surface area contributed by atoms with E-state index in [1.807, 2.05) is 0 Å². The fraction of sp³-hybridized carbons (Fsp3) is 0.600. The molecule has 0 aromatic heterocycles. The van der Waals surface area contributed by atoms with E-state index in [1.54, 1.807) is 0 Å². The van der Waals surface area contributed by atoms with Gasteiger partial charge in [0.25, 0.3) is 0 Å². The molecule has 0 saturated heterocycles. The van der Waals surface area contributed by atoms with Crippen LogP contribution >= 0.6 is 9.24 Å². The van der Waals surface area contributed by atoms with Gasteiger partial charge in [0.15, 0.2) is 0 Å². The maximum Gasteiger partial charge on any atom is 0.246 e. The Labute approximate surface area is 62.0 Å². The zero-order chi connectivity index (χ0) is 8.15. The smallest absolute Gasteiger partial charge is 0.246 e. The van der Waals surface area contributed by atoms with E-state index in [4.69, 9.17) is 0 Å². The SMILES string of the molecule is CNC(=O)[C@H](P)NC(C)=O. The van der Waals surface area contributed by atoms with E-state index in [9.17, 15) is 9.59 Å². The summed E-state index contributed by atoms with van der Waals surface area (Å²) < 4.78 is 0. The molecule has 0 aliphatic heterocycles. The Morgan fingerprint density at radius 3 is 2.30 bits per heavy atom. The van der Waals surface area contributed by atoms with Crippen molar-refractivity contribution in [2.45, 2.75) is 12.7 Å². The van der Waals surface area contributed by atoms with Crippen LogP contribution in [0.4, 0.5) is 0 Å². The van der Waals surface area contributed by atoms with E-state index in [2.05, 4.69) is 19.9 Å². The van der Waals surface area contributed by atoms with Crippen molar-refractivity contribution in [2.24, 2.45) is 0 Å². The second-order valence-electron chi connectivity index (χ2n) is 1.79. The molecule has 58 valence electrons. The molecule has 2 amide bonds. The minimum atomic E-state index is -0.525. The summed E-state index contributed by atoms with van der Waals surface area (Å²) in [5.74, 6) is -0.966. The van der Waals surface area contributed by atoms with Crippen LogP contribution in [0.5, 0.6) is 0 Å². The Morgan fingerprint density at radius 2 is 2.00 bits per heavy atom. The molecule has 2 atom stereocenters. The van der Waals surface area contributed by atoms with Crippen molar-refractivity contribution in [3.8, 4) is 0 Å². The highest BCUT2D eigenvalue weighted by molar-refractivity contribution is 7.19. The summed E-state index contributed by atoms with van der Waals surface area (Å²) >= 11 is 0. The first-order valence-electron chi connectivity index (χ1n) is 2.82. The van der Waals surface area contributed by atoms with Gasteiger partial charge >= 0.3 is 0 Å². The second-order valence-corrected chi connectivity index (χ2v) is 2.46. The Hall–Kier alpha value is -0.630. The number of carbonyl (C=O) groups is 2. The molecule has 10 heavy (non-hydrogen) atoms. The molecule has 2 N–H and O–H groups in total. The lowest BCUT2D eigenvalue weighted by Gasteiger charge is -2.09. The van der Waals surface area contributed by atoms with Gasteiger partial charge in [0.05, 0.1) is 0 Å². The van der Waals surface area contributed by atoms with Crippen molar-refractivity contribution in [1.29, 1.82) is 0 Å². The number of hydrogen-bond donors (Lipinski definition) is 2. The van der Waals surface area contributed by atoms with Gasteiger partial charge in [-0.15, -0.1) is 9.24 Å². The van der Waals surface area contributed by atoms with Crippen LogP contribution in [0.1, 0.15) is 6.92 Å². The van der Waals surface area contributed by atoms with Gasteiger partial charge < -0.3 is 10.6 Å². The molecule has 0 aromatic rings. The fourth-order valence-corrected chi connectivity index (χ4v) is 0.841. The number of rotatable bonds is 2. The van der Waals surface area contributed by atoms with Crippen LogP contribution in [-0.4, -0.2) is 24.6 Å². The maximum atomic E-state index is 10.7. The van der Waals surface area contributed by atoms with Gasteiger partial charge in [-0.1, -0.05) is 0 Å². The Balaban J connectivity index is 3.72. The molecule has 1 unspecified atom stereocenters. The molecular weight excluding hydrogens is 151 g/mol. The first kappa shape index (κ1) is 9.37. The van der Waals surface area contributed by atoms with E-state index < -0.39 is 5.78 Å². The van der Waals surface area contributed by atoms with Crippen LogP contribution in [0.3, 0.4) is 0 Å². The summed E-state index contributed by atoms with van der Waals surface area (Å²) in [5, 5.41) is 4.80. The standard InChI is InChI=1S/C5H11N2O2P/c1-3(8)7-5(10)4(9)6-2/h5H,10H2,1-2H3,(H,6,9)(H,7,8)/t5-/m0/s1. The molecule has 4 nitrogen and oxygen atoms in total. The summed E-state index contributed by atoms with van der Waals surface area (Å²) in [5.41, 5.74) is 0. The van der Waals surface area contributed by atoms with Crippen LogP contribution in [0.25, 0.3) is 0 Å². The molecule has 0 radical (unpaired) electrons. The van der Waals surface area contributed by atoms with Crippen molar-refractivity contribution in [3.05, 3.63) is 0 Å². The molecule has 0 aromatic carbocycles. The molecule has 0 aliphatic rings.